The van der Waals surface area contributed by atoms with Gasteiger partial charge in [-0.3, -0.25) is 9.59 Å². The van der Waals surface area contributed by atoms with Crippen LogP contribution in [0.3, 0.4) is 0 Å². The summed E-state index contributed by atoms with van der Waals surface area (Å²) in [6.07, 6.45) is 6.98. The van der Waals surface area contributed by atoms with E-state index in [-0.39, 0.29) is 23.4 Å². The normalized spacial score (nSPS) is 30.9. The number of nitrogens with two attached hydrogens (primary N) is 1. The molecule has 0 aliphatic heterocycles. The lowest BCUT2D eigenvalue weighted by Gasteiger charge is -2.43. The summed E-state index contributed by atoms with van der Waals surface area (Å²) in [6.45, 7) is 1.92. The third-order valence-corrected chi connectivity index (χ3v) is 5.36. The summed E-state index contributed by atoms with van der Waals surface area (Å²) in [5.74, 6) is 0.888. The van der Waals surface area contributed by atoms with E-state index in [4.69, 9.17) is 5.73 Å². The molecular formula is C17H25N3O2. The molecule has 0 radical (unpaired) electrons. The van der Waals surface area contributed by atoms with E-state index in [0.29, 0.717) is 17.5 Å². The fourth-order valence-electron chi connectivity index (χ4n) is 4.21. The Kier molecular flexibility index (Phi) is 4.08. The second-order valence-electron chi connectivity index (χ2n) is 7.03. The summed E-state index contributed by atoms with van der Waals surface area (Å²) < 4.78 is 1.51. The lowest BCUT2D eigenvalue weighted by Crippen LogP contribution is -2.48. The second-order valence-corrected chi connectivity index (χ2v) is 7.03. The summed E-state index contributed by atoms with van der Waals surface area (Å²) in [7, 11) is 1.70. The molecule has 2 fully saturated rings. The first-order valence-corrected chi connectivity index (χ1v) is 8.19. The Morgan fingerprint density at radius 1 is 1.32 bits per heavy atom. The predicted molar refractivity (Wildman–Crippen MR) is 86.6 cm³/mol. The molecule has 3 rings (SSSR count). The molecule has 0 aromatic carbocycles. The van der Waals surface area contributed by atoms with Gasteiger partial charge in [-0.2, -0.15) is 0 Å². The van der Waals surface area contributed by atoms with E-state index >= 15 is 0 Å². The molecule has 22 heavy (non-hydrogen) atoms. The van der Waals surface area contributed by atoms with Crippen LogP contribution in [0, 0.1) is 24.7 Å². The van der Waals surface area contributed by atoms with Crippen molar-refractivity contribution in [2.24, 2.45) is 30.5 Å². The molecule has 1 aromatic heterocycles. The Bertz CT molecular complexity index is 623. The average Bonchev–Trinajstić information content (AvgIpc) is 2.43. The molecule has 5 nitrogen and oxygen atoms in total. The molecule has 2 aliphatic carbocycles. The molecule has 2 saturated carbocycles. The molecular weight excluding hydrogens is 278 g/mol. The molecule has 2 bridgehead atoms. The van der Waals surface area contributed by atoms with Crippen LogP contribution in [-0.2, 0) is 11.8 Å². The maximum absolute atomic E-state index is 12.6. The lowest BCUT2D eigenvalue weighted by molar-refractivity contribution is -0.122. The number of anilines is 1. The average molecular weight is 303 g/mol. The van der Waals surface area contributed by atoms with E-state index in [1.54, 1.807) is 19.3 Å². The molecule has 1 amide bonds. The SMILES string of the molecule is Cc1cc(NC(=O)C2CC3CCCC(C2)C3N)c(=O)n(C)c1. The van der Waals surface area contributed by atoms with Crippen LogP contribution >= 0.6 is 0 Å². The first-order valence-electron chi connectivity index (χ1n) is 8.19. The first kappa shape index (κ1) is 15.3. The van der Waals surface area contributed by atoms with Gasteiger partial charge in [0.2, 0.25) is 5.91 Å². The van der Waals surface area contributed by atoms with Crippen molar-refractivity contribution >= 4 is 11.6 Å². The molecule has 1 heterocycles. The number of aryl methyl sites for hydroxylation is 2. The van der Waals surface area contributed by atoms with Crippen molar-refractivity contribution in [1.29, 1.82) is 0 Å². The van der Waals surface area contributed by atoms with Crippen LogP contribution in [-0.4, -0.2) is 16.5 Å². The summed E-state index contributed by atoms with van der Waals surface area (Å²) in [5, 5.41) is 2.85. The van der Waals surface area contributed by atoms with Crippen molar-refractivity contribution in [3.8, 4) is 0 Å². The second kappa shape index (κ2) is 5.88. The van der Waals surface area contributed by atoms with Crippen molar-refractivity contribution in [2.75, 3.05) is 5.32 Å². The number of fused-ring (bicyclic) bond motifs is 2. The molecule has 2 atom stereocenters. The number of hydrogen-bond acceptors (Lipinski definition) is 3. The van der Waals surface area contributed by atoms with Crippen molar-refractivity contribution in [3.63, 3.8) is 0 Å². The monoisotopic (exact) mass is 303 g/mol. The number of rotatable bonds is 2. The zero-order valence-electron chi connectivity index (χ0n) is 13.3. The number of carbonyl (C=O) groups is 1. The molecule has 2 aliphatic rings. The zero-order valence-corrected chi connectivity index (χ0v) is 13.3. The van der Waals surface area contributed by atoms with Gasteiger partial charge < -0.3 is 15.6 Å². The third kappa shape index (κ3) is 2.82. The summed E-state index contributed by atoms with van der Waals surface area (Å²) in [6, 6.07) is 2.00. The molecule has 120 valence electrons. The number of amides is 1. The summed E-state index contributed by atoms with van der Waals surface area (Å²) in [4.78, 5) is 24.7. The van der Waals surface area contributed by atoms with Crippen LogP contribution < -0.4 is 16.6 Å². The minimum atomic E-state index is -0.161. The van der Waals surface area contributed by atoms with E-state index in [1.807, 2.05) is 6.92 Å². The third-order valence-electron chi connectivity index (χ3n) is 5.36. The van der Waals surface area contributed by atoms with Gasteiger partial charge in [0.05, 0.1) is 0 Å². The maximum Gasteiger partial charge on any atom is 0.274 e. The van der Waals surface area contributed by atoms with Crippen LogP contribution in [0.4, 0.5) is 5.69 Å². The Balaban J connectivity index is 1.74. The summed E-state index contributed by atoms with van der Waals surface area (Å²) >= 11 is 0. The largest absolute Gasteiger partial charge is 0.327 e. The Labute approximate surface area is 130 Å². The van der Waals surface area contributed by atoms with E-state index in [1.165, 1.54) is 11.0 Å². The van der Waals surface area contributed by atoms with Crippen LogP contribution in [0.1, 0.15) is 37.7 Å². The van der Waals surface area contributed by atoms with E-state index < -0.39 is 0 Å². The highest BCUT2D eigenvalue weighted by molar-refractivity contribution is 5.92. The van der Waals surface area contributed by atoms with Gasteiger partial charge in [-0.1, -0.05) is 6.42 Å². The van der Waals surface area contributed by atoms with Gasteiger partial charge in [-0.25, -0.2) is 0 Å². The van der Waals surface area contributed by atoms with Crippen molar-refractivity contribution in [3.05, 3.63) is 28.2 Å². The topological polar surface area (TPSA) is 77.1 Å². The van der Waals surface area contributed by atoms with Crippen LogP contribution in [0.15, 0.2) is 17.1 Å². The van der Waals surface area contributed by atoms with Gasteiger partial charge in [0.15, 0.2) is 0 Å². The van der Waals surface area contributed by atoms with Crippen LogP contribution in [0.25, 0.3) is 0 Å². The van der Waals surface area contributed by atoms with Gasteiger partial charge in [-0.05, 0) is 56.1 Å². The number of carbonyl (C=O) groups excluding carboxylic acids is 1. The fourth-order valence-corrected chi connectivity index (χ4v) is 4.21. The van der Waals surface area contributed by atoms with E-state index in [2.05, 4.69) is 5.32 Å². The Morgan fingerprint density at radius 3 is 2.59 bits per heavy atom. The standard InChI is InChI=1S/C17H25N3O2/c1-10-6-14(17(22)20(2)9-10)19-16(21)13-7-11-4-3-5-12(8-13)15(11)18/h6,9,11-13,15H,3-5,7-8,18H2,1-2H3,(H,19,21). The number of nitrogens with zero attached hydrogens (tertiary/aromatic N) is 1. The van der Waals surface area contributed by atoms with Crippen LogP contribution in [0.5, 0.6) is 0 Å². The maximum atomic E-state index is 12.6. The lowest BCUT2D eigenvalue weighted by atomic mass is 9.65. The minimum Gasteiger partial charge on any atom is -0.327 e. The molecule has 1 aromatic rings. The fraction of sp³-hybridized carbons (Fsp3) is 0.647. The highest BCUT2D eigenvalue weighted by Crippen LogP contribution is 2.42. The Hall–Kier alpha value is -1.62. The number of nitrogens with one attached hydrogen (secondary N) is 1. The number of pyridine rings is 1. The van der Waals surface area contributed by atoms with Gasteiger partial charge in [0, 0.05) is 25.2 Å². The van der Waals surface area contributed by atoms with Gasteiger partial charge in [-0.15, -0.1) is 0 Å². The molecule has 3 N–H and O–H groups in total. The molecule has 2 unspecified atom stereocenters. The first-order chi connectivity index (χ1) is 10.5. The van der Waals surface area contributed by atoms with E-state index in [9.17, 15) is 9.59 Å². The minimum absolute atomic E-state index is 0.0136. The van der Waals surface area contributed by atoms with E-state index in [0.717, 1.165) is 31.2 Å². The smallest absolute Gasteiger partial charge is 0.274 e. The zero-order chi connectivity index (χ0) is 15.9. The quantitative estimate of drug-likeness (QED) is 0.874. The van der Waals surface area contributed by atoms with Crippen molar-refractivity contribution in [1.82, 2.24) is 4.57 Å². The molecule has 0 spiro atoms. The molecule has 0 saturated heterocycles. The Morgan fingerprint density at radius 2 is 1.95 bits per heavy atom. The van der Waals surface area contributed by atoms with Gasteiger partial charge >= 0.3 is 0 Å². The number of aromatic nitrogens is 1. The highest BCUT2D eigenvalue weighted by atomic mass is 16.2. The van der Waals surface area contributed by atoms with Crippen molar-refractivity contribution < 1.29 is 4.79 Å². The predicted octanol–water partition coefficient (Wildman–Crippen LogP) is 1.79. The van der Waals surface area contributed by atoms with Crippen molar-refractivity contribution in [2.45, 2.75) is 45.1 Å². The van der Waals surface area contributed by atoms with Gasteiger partial charge in [0.25, 0.3) is 5.56 Å². The highest BCUT2D eigenvalue weighted by Gasteiger charge is 2.40. The molecule has 5 heteroatoms. The van der Waals surface area contributed by atoms with Gasteiger partial charge in [0.1, 0.15) is 5.69 Å². The van der Waals surface area contributed by atoms with Crippen LogP contribution in [0.2, 0.25) is 0 Å². The number of hydrogen-bond donors (Lipinski definition) is 2. The summed E-state index contributed by atoms with van der Waals surface area (Å²) in [5.41, 5.74) is 7.46.